The molecule has 0 radical (unpaired) electrons. The summed E-state index contributed by atoms with van der Waals surface area (Å²) in [6, 6.07) is 9.97. The minimum atomic E-state index is 0.503. The van der Waals surface area contributed by atoms with Gasteiger partial charge in [0.2, 0.25) is 16.9 Å². The fourth-order valence-corrected chi connectivity index (χ4v) is 3.50. The van der Waals surface area contributed by atoms with Gasteiger partial charge in [-0.2, -0.15) is 21.0 Å². The van der Waals surface area contributed by atoms with Crippen LogP contribution in [0.5, 0.6) is 0 Å². The first-order valence-electron chi connectivity index (χ1n) is 7.13. The first kappa shape index (κ1) is 15.0. The molecule has 3 heterocycles. The van der Waals surface area contributed by atoms with Crippen molar-refractivity contribution in [2.45, 2.75) is 17.8 Å². The van der Waals surface area contributed by atoms with Crippen LogP contribution in [-0.2, 0) is 5.75 Å². The van der Waals surface area contributed by atoms with Gasteiger partial charge < -0.3 is 4.52 Å². The van der Waals surface area contributed by atoms with E-state index < -0.39 is 0 Å². The van der Waals surface area contributed by atoms with E-state index in [0.29, 0.717) is 22.6 Å². The predicted octanol–water partition coefficient (Wildman–Crippen LogP) is 3.37. The second kappa shape index (κ2) is 6.54. The first-order valence-corrected chi connectivity index (χ1v) is 9.06. The molecule has 4 rings (SSSR count). The van der Waals surface area contributed by atoms with Crippen molar-refractivity contribution in [1.29, 1.82) is 0 Å². The van der Waals surface area contributed by atoms with Gasteiger partial charge in [0, 0.05) is 10.9 Å². The Balaban J connectivity index is 1.50. The molecule has 0 bridgehead atoms. The van der Waals surface area contributed by atoms with Gasteiger partial charge in [-0.05, 0) is 46.5 Å². The molecule has 0 saturated heterocycles. The maximum Gasteiger partial charge on any atom is 0.237 e. The van der Waals surface area contributed by atoms with E-state index >= 15 is 0 Å². The predicted molar refractivity (Wildman–Crippen MR) is 91.1 cm³/mol. The topological polar surface area (TPSA) is 82.5 Å². The molecular weight excluding hydrogens is 344 g/mol. The highest BCUT2D eigenvalue weighted by molar-refractivity contribution is 7.98. The first-order chi connectivity index (χ1) is 11.8. The summed E-state index contributed by atoms with van der Waals surface area (Å²) in [6.07, 6.45) is 0. The highest BCUT2D eigenvalue weighted by Crippen LogP contribution is 2.24. The molecular formula is C15H12N6OS2. The van der Waals surface area contributed by atoms with Crippen LogP contribution >= 0.6 is 23.1 Å². The van der Waals surface area contributed by atoms with Crippen LogP contribution in [-0.4, -0.2) is 30.3 Å². The van der Waals surface area contributed by atoms with Crippen molar-refractivity contribution in [1.82, 2.24) is 30.3 Å². The Labute approximate surface area is 145 Å². The molecule has 7 nitrogen and oxygen atoms in total. The Bertz CT molecular complexity index is 946. The molecule has 0 amide bonds. The van der Waals surface area contributed by atoms with E-state index in [9.17, 15) is 0 Å². The zero-order chi connectivity index (χ0) is 16.4. The molecule has 0 aliphatic heterocycles. The van der Waals surface area contributed by atoms with E-state index in [-0.39, 0.29) is 0 Å². The quantitative estimate of drug-likeness (QED) is 0.507. The van der Waals surface area contributed by atoms with Crippen LogP contribution < -0.4 is 0 Å². The molecule has 1 aromatic carbocycles. The lowest BCUT2D eigenvalue weighted by Crippen LogP contribution is -1.99. The normalized spacial score (nSPS) is 11.0. The van der Waals surface area contributed by atoms with Crippen LogP contribution in [0.1, 0.15) is 11.5 Å². The molecule has 120 valence electrons. The van der Waals surface area contributed by atoms with E-state index in [1.54, 1.807) is 16.0 Å². The molecule has 9 heteroatoms. The van der Waals surface area contributed by atoms with Gasteiger partial charge in [-0.3, -0.25) is 0 Å². The smallest absolute Gasteiger partial charge is 0.237 e. The van der Waals surface area contributed by atoms with Crippen molar-refractivity contribution in [3.63, 3.8) is 0 Å². The zero-order valence-corrected chi connectivity index (χ0v) is 14.3. The van der Waals surface area contributed by atoms with Crippen molar-refractivity contribution in [2.75, 3.05) is 0 Å². The van der Waals surface area contributed by atoms with Gasteiger partial charge in [0.25, 0.3) is 0 Å². The second-order valence-corrected chi connectivity index (χ2v) is 6.75. The summed E-state index contributed by atoms with van der Waals surface area (Å²) in [4.78, 5) is 4.40. The van der Waals surface area contributed by atoms with Gasteiger partial charge in [-0.15, -0.1) is 5.10 Å². The minimum absolute atomic E-state index is 0.503. The van der Waals surface area contributed by atoms with Gasteiger partial charge in [0.05, 0.1) is 11.4 Å². The van der Waals surface area contributed by atoms with Crippen LogP contribution in [0.15, 0.2) is 50.8 Å². The van der Waals surface area contributed by atoms with Gasteiger partial charge in [0.15, 0.2) is 0 Å². The van der Waals surface area contributed by atoms with Gasteiger partial charge >= 0.3 is 0 Å². The SMILES string of the molecule is Cc1cccc(-n2nnnc2SCc2nc(-c3ccsc3)no2)c1. The highest BCUT2D eigenvalue weighted by atomic mass is 32.2. The molecule has 0 spiro atoms. The van der Waals surface area contributed by atoms with Gasteiger partial charge in [0.1, 0.15) is 0 Å². The number of benzene rings is 1. The average molecular weight is 356 g/mol. The Hall–Kier alpha value is -2.52. The Kier molecular flexibility index (Phi) is 4.09. The third-order valence-corrected chi connectivity index (χ3v) is 4.85. The lowest BCUT2D eigenvalue weighted by molar-refractivity contribution is 0.391. The molecule has 0 saturated carbocycles. The largest absolute Gasteiger partial charge is 0.338 e. The Morgan fingerprint density at radius 1 is 1.29 bits per heavy atom. The summed E-state index contributed by atoms with van der Waals surface area (Å²) in [5.41, 5.74) is 3.04. The monoisotopic (exact) mass is 356 g/mol. The number of thiophene rings is 1. The van der Waals surface area contributed by atoms with E-state index in [4.69, 9.17) is 4.52 Å². The van der Waals surface area contributed by atoms with Crippen LogP contribution in [0.3, 0.4) is 0 Å². The van der Waals surface area contributed by atoms with Gasteiger partial charge in [-0.25, -0.2) is 0 Å². The van der Waals surface area contributed by atoms with Crippen LogP contribution in [0.4, 0.5) is 0 Å². The fraction of sp³-hybridized carbons (Fsp3) is 0.133. The molecule has 0 fully saturated rings. The molecule has 0 N–H and O–H groups in total. The number of nitrogens with zero attached hydrogens (tertiary/aromatic N) is 6. The highest BCUT2D eigenvalue weighted by Gasteiger charge is 2.13. The van der Waals surface area contributed by atoms with Gasteiger partial charge in [-0.1, -0.05) is 29.1 Å². The third-order valence-electron chi connectivity index (χ3n) is 3.26. The molecule has 0 atom stereocenters. The van der Waals surface area contributed by atoms with E-state index in [1.165, 1.54) is 11.8 Å². The van der Waals surface area contributed by atoms with Crippen molar-refractivity contribution in [3.8, 4) is 17.1 Å². The lowest BCUT2D eigenvalue weighted by atomic mass is 10.2. The molecule has 4 aromatic rings. The maximum atomic E-state index is 5.30. The molecule has 0 aliphatic rings. The van der Waals surface area contributed by atoms with Crippen molar-refractivity contribution >= 4 is 23.1 Å². The summed E-state index contributed by atoms with van der Waals surface area (Å²) in [5.74, 6) is 1.65. The summed E-state index contributed by atoms with van der Waals surface area (Å²) < 4.78 is 7.00. The molecule has 0 unspecified atom stereocenters. The van der Waals surface area contributed by atoms with Crippen LogP contribution in [0.25, 0.3) is 17.1 Å². The number of thioether (sulfide) groups is 1. The van der Waals surface area contributed by atoms with E-state index in [0.717, 1.165) is 16.8 Å². The second-order valence-electron chi connectivity index (χ2n) is 5.02. The standard InChI is InChI=1S/C15H12N6OS2/c1-10-3-2-4-12(7-10)21-15(17-19-20-21)24-9-13-16-14(18-22-13)11-5-6-23-8-11/h2-8H,9H2,1H3. The van der Waals surface area contributed by atoms with E-state index in [2.05, 4.69) is 25.7 Å². The number of aromatic nitrogens is 6. The van der Waals surface area contributed by atoms with Crippen molar-refractivity contribution < 1.29 is 4.52 Å². The number of aryl methyl sites for hydroxylation is 1. The number of hydrogen-bond donors (Lipinski definition) is 0. The number of hydrogen-bond acceptors (Lipinski definition) is 8. The molecule has 0 aliphatic carbocycles. The Morgan fingerprint density at radius 2 is 2.25 bits per heavy atom. The average Bonchev–Trinajstić information content (AvgIpc) is 3.33. The fourth-order valence-electron chi connectivity index (χ4n) is 2.14. The lowest BCUT2D eigenvalue weighted by Gasteiger charge is -2.03. The zero-order valence-electron chi connectivity index (χ0n) is 12.7. The van der Waals surface area contributed by atoms with Crippen molar-refractivity contribution in [3.05, 3.63) is 52.5 Å². The number of rotatable bonds is 5. The van der Waals surface area contributed by atoms with Crippen molar-refractivity contribution in [2.24, 2.45) is 0 Å². The van der Waals surface area contributed by atoms with Crippen LogP contribution in [0.2, 0.25) is 0 Å². The summed E-state index contributed by atoms with van der Waals surface area (Å²) in [5, 5.41) is 20.5. The summed E-state index contributed by atoms with van der Waals surface area (Å²) in [7, 11) is 0. The Morgan fingerprint density at radius 3 is 3.08 bits per heavy atom. The number of tetrazole rings is 1. The third kappa shape index (κ3) is 3.08. The molecule has 24 heavy (non-hydrogen) atoms. The summed E-state index contributed by atoms with van der Waals surface area (Å²) >= 11 is 3.05. The van der Waals surface area contributed by atoms with E-state index in [1.807, 2.05) is 48.0 Å². The maximum absolute atomic E-state index is 5.30. The summed E-state index contributed by atoms with van der Waals surface area (Å²) in [6.45, 7) is 2.03. The van der Waals surface area contributed by atoms with Crippen LogP contribution in [0, 0.1) is 6.92 Å². The molecule has 3 aromatic heterocycles. The minimum Gasteiger partial charge on any atom is -0.338 e.